The van der Waals surface area contributed by atoms with Crippen LogP contribution in [0.15, 0.2) is 4.52 Å². The smallest absolute Gasteiger partial charge is 0.353 e. The first kappa shape index (κ1) is 5.70. The first-order valence-corrected chi connectivity index (χ1v) is 3.28. The number of aromatic nitrogens is 2. The maximum absolute atomic E-state index is 4.89. The zero-order valence-corrected chi connectivity index (χ0v) is 5.70. The first-order valence-electron chi connectivity index (χ1n) is 3.28. The lowest BCUT2D eigenvalue weighted by Gasteiger charge is -1.82. The molecule has 0 bridgehead atoms. The molecule has 0 N–H and O–H groups in total. The average Bonchev–Trinajstić information content (AvgIpc) is 2.70. The van der Waals surface area contributed by atoms with Crippen LogP contribution in [-0.4, -0.2) is 17.3 Å². The van der Waals surface area contributed by atoms with E-state index in [2.05, 4.69) is 10.1 Å². The lowest BCUT2D eigenvalue weighted by Crippen LogP contribution is -1.84. The second kappa shape index (κ2) is 1.97. The van der Waals surface area contributed by atoms with Crippen molar-refractivity contribution in [2.45, 2.75) is 18.8 Å². The average molecular weight is 140 g/mol. The number of ether oxygens (including phenoxy) is 1. The minimum absolute atomic E-state index is 0.335. The van der Waals surface area contributed by atoms with E-state index in [1.54, 1.807) is 0 Å². The van der Waals surface area contributed by atoms with E-state index in [-0.39, 0.29) is 0 Å². The van der Waals surface area contributed by atoms with E-state index in [1.165, 1.54) is 20.0 Å². The van der Waals surface area contributed by atoms with Gasteiger partial charge in [0, 0.05) is 5.92 Å². The molecule has 1 fully saturated rings. The summed E-state index contributed by atoms with van der Waals surface area (Å²) in [7, 11) is 1.53. The Bertz CT molecular complexity index is 229. The van der Waals surface area contributed by atoms with Gasteiger partial charge in [-0.05, 0) is 18.0 Å². The predicted octanol–water partition coefficient (Wildman–Crippen LogP) is 0.956. The Hall–Kier alpha value is -1.06. The summed E-state index contributed by atoms with van der Waals surface area (Å²) in [6, 6.07) is 0.335. The molecule has 1 heterocycles. The highest BCUT2D eigenvalue weighted by Crippen LogP contribution is 2.39. The Labute approximate surface area is 58.2 Å². The van der Waals surface area contributed by atoms with Gasteiger partial charge in [-0.3, -0.25) is 0 Å². The second-order valence-electron chi connectivity index (χ2n) is 2.39. The highest BCUT2D eigenvalue weighted by molar-refractivity contribution is 5.03. The summed E-state index contributed by atoms with van der Waals surface area (Å²) >= 11 is 0. The highest BCUT2D eigenvalue weighted by atomic mass is 16.5. The molecule has 1 saturated carbocycles. The molecule has 0 amide bonds. The minimum Gasteiger partial charge on any atom is -0.465 e. The van der Waals surface area contributed by atoms with E-state index < -0.39 is 0 Å². The monoisotopic (exact) mass is 140 g/mol. The van der Waals surface area contributed by atoms with Crippen LogP contribution in [0.5, 0.6) is 6.01 Å². The molecule has 10 heavy (non-hydrogen) atoms. The molecule has 4 nitrogen and oxygen atoms in total. The Morgan fingerprint density at radius 3 is 2.90 bits per heavy atom. The molecule has 0 atom stereocenters. The SMILES string of the molecule is COc1noc(C2CC2)n1. The topological polar surface area (TPSA) is 48.2 Å². The molecule has 0 aromatic carbocycles. The van der Waals surface area contributed by atoms with Crippen LogP contribution in [0, 0.1) is 0 Å². The number of methoxy groups -OCH3 is 1. The van der Waals surface area contributed by atoms with E-state index in [9.17, 15) is 0 Å². The van der Waals surface area contributed by atoms with Crippen LogP contribution < -0.4 is 4.74 Å². The van der Waals surface area contributed by atoms with Gasteiger partial charge >= 0.3 is 6.01 Å². The van der Waals surface area contributed by atoms with Crippen LogP contribution >= 0.6 is 0 Å². The van der Waals surface area contributed by atoms with E-state index in [4.69, 9.17) is 9.26 Å². The maximum atomic E-state index is 4.89. The van der Waals surface area contributed by atoms with Crippen LogP contribution in [0.3, 0.4) is 0 Å². The van der Waals surface area contributed by atoms with E-state index in [0.29, 0.717) is 11.9 Å². The third kappa shape index (κ3) is 0.853. The van der Waals surface area contributed by atoms with Crippen molar-refractivity contribution in [3.63, 3.8) is 0 Å². The van der Waals surface area contributed by atoms with Gasteiger partial charge in [-0.25, -0.2) is 0 Å². The molecule has 0 radical (unpaired) electrons. The molecule has 1 aromatic heterocycles. The fourth-order valence-corrected chi connectivity index (χ4v) is 0.800. The number of hydrogen-bond donors (Lipinski definition) is 0. The van der Waals surface area contributed by atoms with Gasteiger partial charge in [-0.1, -0.05) is 0 Å². The van der Waals surface area contributed by atoms with E-state index >= 15 is 0 Å². The van der Waals surface area contributed by atoms with Crippen molar-refractivity contribution in [3.05, 3.63) is 5.89 Å². The van der Waals surface area contributed by atoms with Gasteiger partial charge in [0.1, 0.15) is 0 Å². The maximum Gasteiger partial charge on any atom is 0.353 e. The second-order valence-corrected chi connectivity index (χ2v) is 2.39. The third-order valence-corrected chi connectivity index (χ3v) is 1.53. The fraction of sp³-hybridized carbons (Fsp3) is 0.667. The van der Waals surface area contributed by atoms with Crippen molar-refractivity contribution in [2.75, 3.05) is 7.11 Å². The summed E-state index contributed by atoms with van der Waals surface area (Å²) in [4.78, 5) is 3.99. The molecule has 54 valence electrons. The van der Waals surface area contributed by atoms with Crippen molar-refractivity contribution in [3.8, 4) is 6.01 Å². The van der Waals surface area contributed by atoms with Gasteiger partial charge in [-0.2, -0.15) is 4.98 Å². The van der Waals surface area contributed by atoms with Crippen molar-refractivity contribution in [1.82, 2.24) is 10.1 Å². The molecule has 2 rings (SSSR count). The summed E-state index contributed by atoms with van der Waals surface area (Å²) in [6.07, 6.45) is 2.34. The van der Waals surface area contributed by atoms with Crippen molar-refractivity contribution >= 4 is 0 Å². The molecule has 1 aliphatic carbocycles. The zero-order chi connectivity index (χ0) is 6.97. The molecule has 1 aromatic rings. The predicted molar refractivity (Wildman–Crippen MR) is 32.8 cm³/mol. The number of nitrogens with zero attached hydrogens (tertiary/aromatic N) is 2. The van der Waals surface area contributed by atoms with Crippen molar-refractivity contribution in [2.24, 2.45) is 0 Å². The standard InChI is InChI=1S/C6H8N2O2/c1-9-6-7-5(10-8-6)4-2-3-4/h4H,2-3H2,1H3. The van der Waals surface area contributed by atoms with Crippen LogP contribution in [0.4, 0.5) is 0 Å². The Balaban J connectivity index is 2.19. The van der Waals surface area contributed by atoms with Crippen LogP contribution in [0.1, 0.15) is 24.7 Å². The lowest BCUT2D eigenvalue weighted by atomic mass is 10.4. The summed E-state index contributed by atoms with van der Waals surface area (Å²) < 4.78 is 9.65. The van der Waals surface area contributed by atoms with Gasteiger partial charge in [0.25, 0.3) is 0 Å². The molecule has 1 aliphatic rings. The molecule has 0 unspecified atom stereocenters. The Morgan fingerprint density at radius 1 is 1.60 bits per heavy atom. The van der Waals surface area contributed by atoms with Gasteiger partial charge in [-0.15, -0.1) is 0 Å². The van der Waals surface area contributed by atoms with Crippen LogP contribution in [0.25, 0.3) is 0 Å². The summed E-state index contributed by atoms with van der Waals surface area (Å²) in [5, 5.41) is 3.59. The van der Waals surface area contributed by atoms with E-state index in [1.807, 2.05) is 0 Å². The molecule has 0 spiro atoms. The highest BCUT2D eigenvalue weighted by Gasteiger charge is 2.29. The van der Waals surface area contributed by atoms with Gasteiger partial charge in [0.05, 0.1) is 7.11 Å². The van der Waals surface area contributed by atoms with Crippen molar-refractivity contribution in [1.29, 1.82) is 0 Å². The molecule has 4 heteroatoms. The number of hydrogen-bond acceptors (Lipinski definition) is 4. The number of rotatable bonds is 2. The normalized spacial score (nSPS) is 17.3. The van der Waals surface area contributed by atoms with Gasteiger partial charge < -0.3 is 9.26 Å². The fourth-order valence-electron chi connectivity index (χ4n) is 0.800. The van der Waals surface area contributed by atoms with Gasteiger partial charge in [0.2, 0.25) is 5.89 Å². The zero-order valence-electron chi connectivity index (χ0n) is 5.70. The van der Waals surface area contributed by atoms with Crippen LogP contribution in [0.2, 0.25) is 0 Å². The van der Waals surface area contributed by atoms with Gasteiger partial charge in [0.15, 0.2) is 0 Å². The van der Waals surface area contributed by atoms with Crippen molar-refractivity contribution < 1.29 is 9.26 Å². The molecular formula is C6H8N2O2. The lowest BCUT2D eigenvalue weighted by molar-refractivity contribution is 0.326. The molecule has 0 saturated heterocycles. The largest absolute Gasteiger partial charge is 0.465 e. The van der Waals surface area contributed by atoms with E-state index in [0.717, 1.165) is 5.89 Å². The Kier molecular flexibility index (Phi) is 1.12. The van der Waals surface area contributed by atoms with Crippen LogP contribution in [-0.2, 0) is 0 Å². The minimum atomic E-state index is 0.335. The Morgan fingerprint density at radius 2 is 2.40 bits per heavy atom. The summed E-state index contributed by atoms with van der Waals surface area (Å²) in [6.45, 7) is 0. The molecular weight excluding hydrogens is 132 g/mol. The first-order chi connectivity index (χ1) is 4.90. The summed E-state index contributed by atoms with van der Waals surface area (Å²) in [5.41, 5.74) is 0. The molecule has 0 aliphatic heterocycles. The quantitative estimate of drug-likeness (QED) is 0.613. The summed E-state index contributed by atoms with van der Waals surface area (Å²) in [5.74, 6) is 1.23. The third-order valence-electron chi connectivity index (χ3n) is 1.53.